The quantitative estimate of drug-likeness (QED) is 0.288. The van der Waals surface area contributed by atoms with Crippen LogP contribution in [0.5, 0.6) is 0 Å². The maximum Gasteiger partial charge on any atom is 0.244 e. The molecule has 2 amide bonds. The van der Waals surface area contributed by atoms with Gasteiger partial charge in [0.15, 0.2) is 0 Å². The molecule has 208 valence electrons. The first-order chi connectivity index (χ1) is 18.5. The van der Waals surface area contributed by atoms with E-state index >= 15 is 0 Å². The average Bonchev–Trinajstić information content (AvgIpc) is 2.90. The fraction of sp³-hybridized carbons (Fsp3) is 0.310. The number of anilines is 1. The summed E-state index contributed by atoms with van der Waals surface area (Å²) in [6.45, 7) is 3.40. The SMILES string of the molecule is CC[C@H](C)NC(=O)[C@@H](Cc1ccccc1)N(Cc1ccccc1Cl)C(=O)CN(c1ccccc1Br)S(C)(=O)=O. The molecule has 0 spiro atoms. The number of carbonyl (C=O) groups is 2. The molecule has 0 aliphatic heterocycles. The zero-order valence-corrected chi connectivity index (χ0v) is 25.3. The highest BCUT2D eigenvalue weighted by Gasteiger charge is 2.34. The Labute approximate surface area is 244 Å². The molecule has 3 aromatic carbocycles. The van der Waals surface area contributed by atoms with Crippen molar-refractivity contribution in [1.82, 2.24) is 10.2 Å². The van der Waals surface area contributed by atoms with Crippen molar-refractivity contribution >= 4 is 55.1 Å². The van der Waals surface area contributed by atoms with Gasteiger partial charge in [-0.1, -0.05) is 79.2 Å². The Kier molecular flexibility index (Phi) is 11.0. The van der Waals surface area contributed by atoms with Gasteiger partial charge in [-0.2, -0.15) is 0 Å². The van der Waals surface area contributed by atoms with Crippen LogP contribution in [0.1, 0.15) is 31.4 Å². The van der Waals surface area contributed by atoms with Gasteiger partial charge in [-0.3, -0.25) is 13.9 Å². The van der Waals surface area contributed by atoms with Crippen molar-refractivity contribution in [3.05, 3.63) is 99.5 Å². The lowest BCUT2D eigenvalue weighted by molar-refractivity contribution is -0.140. The van der Waals surface area contributed by atoms with Gasteiger partial charge in [0, 0.05) is 28.5 Å². The van der Waals surface area contributed by atoms with E-state index in [0.717, 1.165) is 16.1 Å². The number of hydrogen-bond donors (Lipinski definition) is 1. The van der Waals surface area contributed by atoms with Gasteiger partial charge in [-0.05, 0) is 58.6 Å². The minimum atomic E-state index is -3.85. The zero-order chi connectivity index (χ0) is 28.6. The minimum absolute atomic E-state index is 0.0253. The van der Waals surface area contributed by atoms with E-state index in [2.05, 4.69) is 21.2 Å². The van der Waals surface area contributed by atoms with Crippen LogP contribution < -0.4 is 9.62 Å². The number of sulfonamides is 1. The molecule has 10 heteroatoms. The van der Waals surface area contributed by atoms with Gasteiger partial charge in [0.1, 0.15) is 12.6 Å². The maximum atomic E-state index is 14.1. The lowest BCUT2D eigenvalue weighted by Crippen LogP contribution is -2.54. The fourth-order valence-corrected chi connectivity index (χ4v) is 5.73. The monoisotopic (exact) mass is 633 g/mol. The van der Waals surface area contributed by atoms with Crippen molar-refractivity contribution in [2.75, 3.05) is 17.1 Å². The van der Waals surface area contributed by atoms with Crippen LogP contribution >= 0.6 is 27.5 Å². The van der Waals surface area contributed by atoms with Crippen molar-refractivity contribution in [3.63, 3.8) is 0 Å². The lowest BCUT2D eigenvalue weighted by atomic mass is 10.0. The van der Waals surface area contributed by atoms with E-state index in [-0.39, 0.29) is 24.9 Å². The molecule has 7 nitrogen and oxygen atoms in total. The highest BCUT2D eigenvalue weighted by atomic mass is 79.9. The number of carbonyl (C=O) groups excluding carboxylic acids is 2. The zero-order valence-electron chi connectivity index (χ0n) is 22.2. The summed E-state index contributed by atoms with van der Waals surface area (Å²) in [5, 5.41) is 3.45. The third-order valence-electron chi connectivity index (χ3n) is 6.37. The molecule has 3 aromatic rings. The van der Waals surface area contributed by atoms with Gasteiger partial charge in [-0.15, -0.1) is 0 Å². The van der Waals surface area contributed by atoms with Crippen molar-refractivity contribution in [2.24, 2.45) is 0 Å². The third-order valence-corrected chi connectivity index (χ3v) is 8.54. The molecule has 0 unspecified atom stereocenters. The number of benzene rings is 3. The Morgan fingerprint density at radius 3 is 2.21 bits per heavy atom. The third kappa shape index (κ3) is 8.55. The van der Waals surface area contributed by atoms with Crippen LogP contribution in [0.15, 0.2) is 83.3 Å². The van der Waals surface area contributed by atoms with E-state index in [1.807, 2.05) is 44.2 Å². The molecule has 0 saturated heterocycles. The normalized spacial score (nSPS) is 12.8. The molecule has 0 radical (unpaired) electrons. The van der Waals surface area contributed by atoms with Gasteiger partial charge in [0.05, 0.1) is 11.9 Å². The molecule has 3 rings (SSSR count). The molecule has 0 bridgehead atoms. The second-order valence-electron chi connectivity index (χ2n) is 9.36. The molecule has 0 fully saturated rings. The largest absolute Gasteiger partial charge is 0.352 e. The van der Waals surface area contributed by atoms with Crippen LogP contribution in [0.3, 0.4) is 0 Å². The van der Waals surface area contributed by atoms with Crippen LogP contribution in [0, 0.1) is 0 Å². The summed E-state index contributed by atoms with van der Waals surface area (Å²) < 4.78 is 27.3. The molecule has 2 atom stereocenters. The Hall–Kier alpha value is -2.88. The predicted octanol–water partition coefficient (Wildman–Crippen LogP) is 5.42. The average molecular weight is 635 g/mol. The topological polar surface area (TPSA) is 86.8 Å². The first-order valence-electron chi connectivity index (χ1n) is 12.6. The molecule has 39 heavy (non-hydrogen) atoms. The minimum Gasteiger partial charge on any atom is -0.352 e. The van der Waals surface area contributed by atoms with Crippen molar-refractivity contribution in [2.45, 2.75) is 45.3 Å². The number of para-hydroxylation sites is 1. The summed E-state index contributed by atoms with van der Waals surface area (Å²) in [5.41, 5.74) is 1.84. The molecule has 0 aromatic heterocycles. The Balaban J connectivity index is 2.08. The van der Waals surface area contributed by atoms with E-state index in [4.69, 9.17) is 11.6 Å². The standard InChI is InChI=1S/C29H33BrClN3O4S/c1-4-21(2)32-29(36)27(18-22-12-6-5-7-13-22)33(19-23-14-8-10-16-25(23)31)28(35)20-34(39(3,37)38)26-17-11-9-15-24(26)30/h5-17,21,27H,4,18-20H2,1-3H3,(H,32,36)/t21-,27+/m0/s1. The van der Waals surface area contributed by atoms with Crippen molar-refractivity contribution in [1.29, 1.82) is 0 Å². The molecular weight excluding hydrogens is 602 g/mol. The molecule has 1 N–H and O–H groups in total. The van der Waals surface area contributed by atoms with Gasteiger partial charge in [-0.25, -0.2) is 8.42 Å². The van der Waals surface area contributed by atoms with Crippen molar-refractivity contribution < 1.29 is 18.0 Å². The van der Waals surface area contributed by atoms with E-state index in [1.54, 1.807) is 48.5 Å². The van der Waals surface area contributed by atoms with Gasteiger partial charge >= 0.3 is 0 Å². The van der Waals surface area contributed by atoms with Crippen molar-refractivity contribution in [3.8, 4) is 0 Å². The van der Waals surface area contributed by atoms with Crippen LogP contribution in [0.4, 0.5) is 5.69 Å². The predicted molar refractivity (Wildman–Crippen MR) is 160 cm³/mol. The highest BCUT2D eigenvalue weighted by molar-refractivity contribution is 9.10. The molecule has 0 saturated carbocycles. The number of rotatable bonds is 12. The summed E-state index contributed by atoms with van der Waals surface area (Å²) in [6, 6.07) is 22.3. The summed E-state index contributed by atoms with van der Waals surface area (Å²) in [7, 11) is -3.85. The van der Waals surface area contributed by atoms with Gasteiger partial charge in [0.2, 0.25) is 21.8 Å². The molecule has 0 aliphatic carbocycles. The molecule has 0 heterocycles. The highest BCUT2D eigenvalue weighted by Crippen LogP contribution is 2.28. The lowest BCUT2D eigenvalue weighted by Gasteiger charge is -2.34. The van der Waals surface area contributed by atoms with Crippen LogP contribution in [0.25, 0.3) is 0 Å². The number of nitrogens with zero attached hydrogens (tertiary/aromatic N) is 2. The van der Waals surface area contributed by atoms with Gasteiger partial charge in [0.25, 0.3) is 0 Å². The fourth-order valence-electron chi connectivity index (χ4n) is 4.05. The second kappa shape index (κ2) is 14.0. The van der Waals surface area contributed by atoms with Gasteiger partial charge < -0.3 is 10.2 Å². The number of nitrogens with one attached hydrogen (secondary N) is 1. The van der Waals surface area contributed by atoms with E-state index < -0.39 is 28.5 Å². The summed E-state index contributed by atoms with van der Waals surface area (Å²) in [5.74, 6) is -0.850. The first kappa shape index (κ1) is 30.7. The molecule has 0 aliphatic rings. The summed E-state index contributed by atoms with van der Waals surface area (Å²) in [6.07, 6.45) is 2.01. The first-order valence-corrected chi connectivity index (χ1v) is 15.6. The molecular formula is C29H33BrClN3O4S. The number of hydrogen-bond acceptors (Lipinski definition) is 4. The Morgan fingerprint density at radius 2 is 1.59 bits per heavy atom. The smallest absolute Gasteiger partial charge is 0.244 e. The van der Waals surface area contributed by atoms with E-state index in [9.17, 15) is 18.0 Å². The maximum absolute atomic E-state index is 14.1. The Bertz CT molecular complexity index is 1390. The Morgan fingerprint density at radius 1 is 0.974 bits per heavy atom. The van der Waals surface area contributed by atoms with E-state index in [1.165, 1.54) is 4.90 Å². The number of amides is 2. The number of halogens is 2. The van der Waals surface area contributed by atoms with Crippen LogP contribution in [-0.2, 0) is 32.6 Å². The van der Waals surface area contributed by atoms with Crippen LogP contribution in [-0.4, -0.2) is 50.0 Å². The van der Waals surface area contributed by atoms with Crippen LogP contribution in [0.2, 0.25) is 5.02 Å². The summed E-state index contributed by atoms with van der Waals surface area (Å²) in [4.78, 5) is 29.2. The second-order valence-corrected chi connectivity index (χ2v) is 12.5. The summed E-state index contributed by atoms with van der Waals surface area (Å²) >= 11 is 9.87. The van der Waals surface area contributed by atoms with E-state index in [0.29, 0.717) is 27.2 Å².